The number of hydrogen-bond donors (Lipinski definition) is 3. The maximum Gasteiger partial charge on any atom is 0.256 e. The molecule has 3 amide bonds. The molecule has 11 nitrogen and oxygen atoms in total. The minimum Gasteiger partial charge on any atom is -0.374 e. The predicted octanol–water partition coefficient (Wildman–Crippen LogP) is 6.20. The van der Waals surface area contributed by atoms with Crippen molar-refractivity contribution in [2.24, 2.45) is 0 Å². The van der Waals surface area contributed by atoms with Crippen molar-refractivity contribution < 1.29 is 23.2 Å². The number of nitrogens with zero attached hydrogens (tertiary/aromatic N) is 5. The Labute approximate surface area is 309 Å². The number of rotatable bonds is 18. The molecule has 2 saturated heterocycles. The number of fused-ring (bicyclic) bond motifs is 1. The number of anilines is 2. The molecule has 3 N–H and O–H groups in total. The first-order chi connectivity index (χ1) is 25.7. The Morgan fingerprint density at radius 1 is 0.962 bits per heavy atom. The highest BCUT2D eigenvalue weighted by molar-refractivity contribution is 6.01. The summed E-state index contributed by atoms with van der Waals surface area (Å²) in [5.74, 6) is -0.991. The summed E-state index contributed by atoms with van der Waals surface area (Å²) < 4.78 is 30.1. The molecule has 0 radical (unpaired) electrons. The molecule has 2 aliphatic heterocycles. The Morgan fingerprint density at radius 2 is 1.74 bits per heavy atom. The van der Waals surface area contributed by atoms with E-state index < -0.39 is 11.6 Å². The van der Waals surface area contributed by atoms with Gasteiger partial charge in [-0.05, 0) is 107 Å². The van der Waals surface area contributed by atoms with Crippen LogP contribution in [-0.4, -0.2) is 76.5 Å². The molecular weight excluding hydrogens is 678 g/mol. The molecule has 2 unspecified atom stereocenters. The molecule has 0 saturated carbocycles. The average Bonchev–Trinajstić information content (AvgIpc) is 3.81. The van der Waals surface area contributed by atoms with Crippen molar-refractivity contribution in [1.29, 1.82) is 0 Å². The summed E-state index contributed by atoms with van der Waals surface area (Å²) in [6.07, 6.45) is 14.3. The van der Waals surface area contributed by atoms with Crippen LogP contribution in [0.3, 0.4) is 0 Å². The molecule has 0 aliphatic carbocycles. The van der Waals surface area contributed by atoms with E-state index in [2.05, 4.69) is 45.1 Å². The molecule has 4 aromatic rings. The van der Waals surface area contributed by atoms with Gasteiger partial charge in [0.1, 0.15) is 29.1 Å². The van der Waals surface area contributed by atoms with Gasteiger partial charge in [0.05, 0.1) is 12.2 Å². The third kappa shape index (κ3) is 10.2. The van der Waals surface area contributed by atoms with Gasteiger partial charge in [-0.2, -0.15) is 5.10 Å². The molecule has 0 bridgehead atoms. The lowest BCUT2D eigenvalue weighted by Crippen LogP contribution is -2.47. The quantitative estimate of drug-likeness (QED) is 0.0818. The second-order valence-electron chi connectivity index (χ2n) is 14.3. The smallest absolute Gasteiger partial charge is 0.256 e. The van der Waals surface area contributed by atoms with E-state index >= 15 is 0 Å². The number of imide groups is 1. The summed E-state index contributed by atoms with van der Waals surface area (Å²) in [6, 6.07) is 12.8. The van der Waals surface area contributed by atoms with Crippen molar-refractivity contribution in [2.45, 2.75) is 89.1 Å². The van der Waals surface area contributed by atoms with Gasteiger partial charge in [0.2, 0.25) is 11.8 Å². The van der Waals surface area contributed by atoms with E-state index in [4.69, 9.17) is 4.98 Å². The van der Waals surface area contributed by atoms with E-state index in [-0.39, 0.29) is 29.8 Å². The van der Waals surface area contributed by atoms with Crippen LogP contribution >= 0.6 is 0 Å². The molecule has 282 valence electrons. The van der Waals surface area contributed by atoms with Gasteiger partial charge in [-0.25, -0.2) is 18.3 Å². The molecular formula is C40H50F2N8O3. The Hall–Kier alpha value is -4.91. The fraction of sp³-hybridized carbons (Fsp3) is 0.475. The third-order valence-corrected chi connectivity index (χ3v) is 10.3. The standard InChI is InChI=1S/C40H50F2N8O3/c1-48(23-8-10-28-12-15-30(16-13-28)45-34-18-19-37(51)47-40(34)53)22-7-5-3-2-4-6-21-43-39(52)32-27-44-50-25-20-36(46-38(32)50)49-24-9-11-35(49)31-26-29(41)14-17-33(31)42/h12-17,20,25-27,34-35,45H,2-11,18-19,21-24H2,1H3,(H,43,52)(H,47,51,53). The number of carbonyl (C=O) groups excluding carboxylic acids is 3. The number of benzene rings is 2. The number of nitrogens with one attached hydrogen (secondary N) is 3. The van der Waals surface area contributed by atoms with E-state index in [9.17, 15) is 23.2 Å². The van der Waals surface area contributed by atoms with E-state index in [1.165, 1.54) is 30.7 Å². The SMILES string of the molecule is CN(CCCCCCCCNC(=O)c1cnn2ccc(N3CCCC3c3cc(F)ccc3F)nc12)CCCc1ccc(NC2CCC(=O)NC2=O)cc1. The Balaban J connectivity index is 0.832. The van der Waals surface area contributed by atoms with E-state index in [0.717, 1.165) is 75.9 Å². The normalized spacial score (nSPS) is 17.5. The van der Waals surface area contributed by atoms with Crippen LogP contribution in [0.15, 0.2) is 60.9 Å². The number of piperidine rings is 1. The summed E-state index contributed by atoms with van der Waals surface area (Å²) >= 11 is 0. The molecule has 13 heteroatoms. The number of aromatic nitrogens is 3. The molecule has 53 heavy (non-hydrogen) atoms. The van der Waals surface area contributed by atoms with Crippen molar-refractivity contribution in [3.8, 4) is 0 Å². The largest absolute Gasteiger partial charge is 0.374 e. The first kappa shape index (κ1) is 37.8. The summed E-state index contributed by atoms with van der Waals surface area (Å²) in [5, 5.41) is 12.9. The van der Waals surface area contributed by atoms with Gasteiger partial charge in [-0.1, -0.05) is 37.8 Å². The van der Waals surface area contributed by atoms with Crippen LogP contribution in [0.4, 0.5) is 20.3 Å². The first-order valence-electron chi connectivity index (χ1n) is 19.0. The van der Waals surface area contributed by atoms with Crippen LogP contribution in [-0.2, 0) is 16.0 Å². The van der Waals surface area contributed by atoms with Gasteiger partial charge in [0.15, 0.2) is 5.65 Å². The van der Waals surface area contributed by atoms with Gasteiger partial charge in [-0.15, -0.1) is 0 Å². The predicted molar refractivity (Wildman–Crippen MR) is 201 cm³/mol. The Bertz CT molecular complexity index is 1870. The molecule has 2 atom stereocenters. The Morgan fingerprint density at radius 3 is 2.55 bits per heavy atom. The minimum absolute atomic E-state index is 0.209. The molecule has 2 aromatic heterocycles. The number of hydrogen-bond acceptors (Lipinski definition) is 8. The van der Waals surface area contributed by atoms with Crippen LogP contribution in [0, 0.1) is 11.6 Å². The van der Waals surface area contributed by atoms with Crippen molar-refractivity contribution in [2.75, 3.05) is 43.4 Å². The number of carbonyl (C=O) groups is 3. The number of aryl methyl sites for hydroxylation is 1. The van der Waals surface area contributed by atoms with Crippen molar-refractivity contribution in [3.05, 3.63) is 89.2 Å². The summed E-state index contributed by atoms with van der Waals surface area (Å²) in [6.45, 7) is 3.33. The van der Waals surface area contributed by atoms with Crippen LogP contribution in [0.25, 0.3) is 5.65 Å². The maximum atomic E-state index is 14.6. The van der Waals surface area contributed by atoms with E-state index in [1.807, 2.05) is 17.0 Å². The van der Waals surface area contributed by atoms with Gasteiger partial charge in [0, 0.05) is 37.0 Å². The fourth-order valence-electron chi connectivity index (χ4n) is 7.29. The second kappa shape index (κ2) is 18.2. The first-order valence-corrected chi connectivity index (χ1v) is 19.0. The fourth-order valence-corrected chi connectivity index (χ4v) is 7.29. The number of unbranched alkanes of at least 4 members (excludes halogenated alkanes) is 5. The molecule has 4 heterocycles. The zero-order valence-corrected chi connectivity index (χ0v) is 30.5. The topological polar surface area (TPSA) is 124 Å². The summed E-state index contributed by atoms with van der Waals surface area (Å²) in [5.41, 5.74) is 3.30. The van der Waals surface area contributed by atoms with Gasteiger partial charge in [0.25, 0.3) is 5.91 Å². The van der Waals surface area contributed by atoms with Crippen LogP contribution in [0.5, 0.6) is 0 Å². The monoisotopic (exact) mass is 728 g/mol. The van der Waals surface area contributed by atoms with E-state index in [1.54, 1.807) is 16.8 Å². The lowest BCUT2D eigenvalue weighted by Gasteiger charge is -2.26. The Kier molecular flexibility index (Phi) is 13.0. The van der Waals surface area contributed by atoms with Crippen LogP contribution < -0.4 is 20.9 Å². The lowest BCUT2D eigenvalue weighted by molar-refractivity contribution is -0.133. The zero-order valence-electron chi connectivity index (χ0n) is 30.5. The highest BCUT2D eigenvalue weighted by Gasteiger charge is 2.30. The molecule has 2 aliphatic rings. The van der Waals surface area contributed by atoms with Crippen LogP contribution in [0.1, 0.15) is 98.2 Å². The highest BCUT2D eigenvalue weighted by atomic mass is 19.1. The zero-order chi connectivity index (χ0) is 37.2. The van der Waals surface area contributed by atoms with Gasteiger partial charge < -0.3 is 20.4 Å². The van der Waals surface area contributed by atoms with Gasteiger partial charge >= 0.3 is 0 Å². The summed E-state index contributed by atoms with van der Waals surface area (Å²) in [4.78, 5) is 45.5. The van der Waals surface area contributed by atoms with Crippen molar-refractivity contribution in [1.82, 2.24) is 30.1 Å². The van der Waals surface area contributed by atoms with Crippen LogP contribution in [0.2, 0.25) is 0 Å². The summed E-state index contributed by atoms with van der Waals surface area (Å²) in [7, 11) is 2.17. The minimum atomic E-state index is -0.470. The van der Waals surface area contributed by atoms with Crippen molar-refractivity contribution >= 4 is 34.9 Å². The van der Waals surface area contributed by atoms with E-state index in [0.29, 0.717) is 54.9 Å². The molecule has 0 spiro atoms. The molecule has 6 rings (SSSR count). The van der Waals surface area contributed by atoms with Crippen molar-refractivity contribution in [3.63, 3.8) is 0 Å². The molecule has 2 fully saturated rings. The number of amides is 3. The third-order valence-electron chi connectivity index (χ3n) is 10.3. The second-order valence-corrected chi connectivity index (χ2v) is 14.3. The lowest BCUT2D eigenvalue weighted by atomic mass is 10.0. The molecule has 2 aromatic carbocycles. The average molecular weight is 729 g/mol. The highest BCUT2D eigenvalue weighted by Crippen LogP contribution is 2.37. The van der Waals surface area contributed by atoms with Gasteiger partial charge in [-0.3, -0.25) is 19.7 Å². The number of halogens is 2. The maximum absolute atomic E-state index is 14.6.